The lowest BCUT2D eigenvalue weighted by Crippen LogP contribution is -2.42. The molecule has 0 spiro atoms. The Morgan fingerprint density at radius 3 is 1.68 bits per heavy atom. The number of thiophene rings is 1. The van der Waals surface area contributed by atoms with E-state index in [4.69, 9.17) is 10.2 Å². The van der Waals surface area contributed by atoms with Gasteiger partial charge in [-0.25, -0.2) is 9.59 Å². The summed E-state index contributed by atoms with van der Waals surface area (Å²) < 4.78 is 78.8. The Labute approximate surface area is 138 Å². The lowest BCUT2D eigenvalue weighted by Gasteiger charge is -2.31. The highest BCUT2D eigenvalue weighted by molar-refractivity contribution is 7.10. The molecule has 1 aliphatic heterocycles. The van der Waals surface area contributed by atoms with E-state index in [1.807, 2.05) is 0 Å². The molecule has 0 aliphatic carbocycles. The Balaban J connectivity index is 2.89. The number of hydrogen-bond acceptors (Lipinski definition) is 4. The minimum absolute atomic E-state index is 0.278. The van der Waals surface area contributed by atoms with Crippen molar-refractivity contribution in [2.24, 2.45) is 0 Å². The van der Waals surface area contributed by atoms with Crippen LogP contribution >= 0.6 is 11.3 Å². The van der Waals surface area contributed by atoms with E-state index in [0.717, 1.165) is 11.4 Å². The van der Waals surface area contributed by atoms with Gasteiger partial charge in [-0.1, -0.05) is 6.07 Å². The van der Waals surface area contributed by atoms with Crippen molar-refractivity contribution in [3.8, 4) is 0 Å². The van der Waals surface area contributed by atoms with E-state index in [9.17, 15) is 35.9 Å². The van der Waals surface area contributed by atoms with Gasteiger partial charge in [-0.3, -0.25) is 0 Å². The molecule has 0 fully saturated rings. The zero-order valence-corrected chi connectivity index (χ0v) is 12.5. The highest BCUT2D eigenvalue weighted by atomic mass is 32.1. The van der Waals surface area contributed by atoms with Crippen molar-refractivity contribution in [2.45, 2.75) is 18.3 Å². The molecule has 5 nitrogen and oxygen atoms in total. The van der Waals surface area contributed by atoms with Crippen molar-refractivity contribution < 1.29 is 46.1 Å². The number of halogens is 6. The second kappa shape index (κ2) is 6.10. The van der Waals surface area contributed by atoms with Crippen molar-refractivity contribution in [3.63, 3.8) is 0 Å². The zero-order valence-electron chi connectivity index (χ0n) is 11.7. The largest absolute Gasteiger partial charge is 0.478 e. The molecule has 0 unspecified atom stereocenters. The molecule has 1 aliphatic rings. The molecule has 0 atom stereocenters. The first kappa shape index (κ1) is 18.8. The van der Waals surface area contributed by atoms with E-state index >= 15 is 0 Å². The van der Waals surface area contributed by atoms with Crippen LogP contribution in [0.3, 0.4) is 0 Å². The van der Waals surface area contributed by atoms with E-state index < -0.39 is 52.7 Å². The molecule has 0 radical (unpaired) electrons. The predicted octanol–water partition coefficient (Wildman–Crippen LogP) is 3.24. The number of aliphatic carboxylic acids is 2. The van der Waals surface area contributed by atoms with Crippen molar-refractivity contribution >= 4 is 23.3 Å². The molecule has 3 N–H and O–H groups in total. The molecule has 0 bridgehead atoms. The molecule has 1 aromatic rings. The van der Waals surface area contributed by atoms with Crippen LogP contribution in [0.1, 0.15) is 10.8 Å². The van der Waals surface area contributed by atoms with Gasteiger partial charge in [0.25, 0.3) is 0 Å². The van der Waals surface area contributed by atoms with Gasteiger partial charge in [0.15, 0.2) is 0 Å². The number of allylic oxidation sites excluding steroid dienone is 2. The summed E-state index contributed by atoms with van der Waals surface area (Å²) in [6.07, 6.45) is -10.9. The topological polar surface area (TPSA) is 86.6 Å². The van der Waals surface area contributed by atoms with Gasteiger partial charge in [-0.2, -0.15) is 26.3 Å². The molecule has 2 heterocycles. The molecule has 2 rings (SSSR count). The summed E-state index contributed by atoms with van der Waals surface area (Å²) in [7, 11) is 0. The number of rotatable bonds is 3. The third kappa shape index (κ3) is 3.48. The molecule has 0 amide bonds. The average molecular weight is 387 g/mol. The van der Waals surface area contributed by atoms with E-state index in [2.05, 4.69) is 0 Å². The summed E-state index contributed by atoms with van der Waals surface area (Å²) in [5, 5.41) is 20.5. The molecule has 0 saturated heterocycles. The van der Waals surface area contributed by atoms with Gasteiger partial charge in [-0.05, 0) is 11.4 Å². The van der Waals surface area contributed by atoms with E-state index in [0.29, 0.717) is 11.3 Å². The van der Waals surface area contributed by atoms with Gasteiger partial charge in [0.1, 0.15) is 11.4 Å². The minimum atomic E-state index is -5.47. The highest BCUT2D eigenvalue weighted by Gasteiger charge is 2.52. The van der Waals surface area contributed by atoms with Crippen LogP contribution in [0.2, 0.25) is 0 Å². The van der Waals surface area contributed by atoms with Crippen LogP contribution in [0.25, 0.3) is 0 Å². The van der Waals surface area contributed by atoms with E-state index in [1.54, 1.807) is 0 Å². The lowest BCUT2D eigenvalue weighted by atomic mass is 9.83. The molecule has 0 aromatic carbocycles. The lowest BCUT2D eigenvalue weighted by molar-refractivity contribution is -0.138. The van der Waals surface area contributed by atoms with Crippen molar-refractivity contribution in [3.05, 3.63) is 44.9 Å². The Bertz CT molecular complexity index is 727. The maximum absolute atomic E-state index is 13.1. The monoisotopic (exact) mass is 387 g/mol. The van der Waals surface area contributed by atoms with Crippen molar-refractivity contribution in [1.82, 2.24) is 5.32 Å². The average Bonchev–Trinajstić information content (AvgIpc) is 2.96. The third-order valence-electron chi connectivity index (χ3n) is 3.22. The first-order chi connectivity index (χ1) is 11.4. The number of carboxylic acids is 2. The highest BCUT2D eigenvalue weighted by Crippen LogP contribution is 2.46. The number of alkyl halides is 6. The molecular formula is C13H7F6NO4S. The SMILES string of the molecule is O=C(O)C1=C(C(F)(F)F)NC(C(F)(F)F)=C(C(=O)O)C1c1cccs1. The van der Waals surface area contributed by atoms with Gasteiger partial charge in [0.2, 0.25) is 0 Å². The Morgan fingerprint density at radius 2 is 1.40 bits per heavy atom. The maximum Gasteiger partial charge on any atom is 0.431 e. The summed E-state index contributed by atoms with van der Waals surface area (Å²) in [5.74, 6) is -6.60. The Kier molecular flexibility index (Phi) is 4.59. The smallest absolute Gasteiger partial charge is 0.431 e. The second-order valence-electron chi connectivity index (χ2n) is 4.76. The van der Waals surface area contributed by atoms with Gasteiger partial charge in [-0.15, -0.1) is 11.3 Å². The van der Waals surface area contributed by atoms with E-state index in [-0.39, 0.29) is 4.88 Å². The summed E-state index contributed by atoms with van der Waals surface area (Å²) in [4.78, 5) is 22.4. The normalized spacial score (nSPS) is 16.9. The predicted molar refractivity (Wildman–Crippen MR) is 71.6 cm³/mol. The standard InChI is InChI=1S/C13H7F6NO4S/c14-12(15,16)8-6(10(21)22)5(4-2-1-3-25-4)7(11(23)24)9(20-8)13(17,18)19/h1-3,5,20H,(H,21,22)(H,23,24). The minimum Gasteiger partial charge on any atom is -0.478 e. The molecular weight excluding hydrogens is 380 g/mol. The number of dihydropyridines is 1. The summed E-state index contributed by atoms with van der Waals surface area (Å²) in [6, 6.07) is 2.32. The van der Waals surface area contributed by atoms with Crippen LogP contribution in [0, 0.1) is 0 Å². The molecule has 1 aromatic heterocycles. The summed E-state index contributed by atoms with van der Waals surface area (Å²) in [5.41, 5.74) is -7.34. The maximum atomic E-state index is 13.1. The third-order valence-corrected chi connectivity index (χ3v) is 4.16. The molecule has 0 saturated carbocycles. The number of carboxylic acid groups (broad SMARTS) is 2. The van der Waals surface area contributed by atoms with Crippen LogP contribution < -0.4 is 5.32 Å². The summed E-state index contributed by atoms with van der Waals surface area (Å²) >= 11 is 0.640. The fraction of sp³-hybridized carbons (Fsp3) is 0.231. The first-order valence-corrected chi connectivity index (χ1v) is 7.13. The van der Waals surface area contributed by atoms with Crippen LogP contribution in [-0.4, -0.2) is 34.5 Å². The van der Waals surface area contributed by atoms with E-state index in [1.165, 1.54) is 11.4 Å². The quantitative estimate of drug-likeness (QED) is 0.694. The van der Waals surface area contributed by atoms with Crippen LogP contribution in [0.15, 0.2) is 40.1 Å². The van der Waals surface area contributed by atoms with Crippen LogP contribution in [0.5, 0.6) is 0 Å². The first-order valence-electron chi connectivity index (χ1n) is 6.25. The van der Waals surface area contributed by atoms with Crippen molar-refractivity contribution in [1.29, 1.82) is 0 Å². The van der Waals surface area contributed by atoms with Gasteiger partial charge >= 0.3 is 24.3 Å². The van der Waals surface area contributed by atoms with Crippen LogP contribution in [0.4, 0.5) is 26.3 Å². The van der Waals surface area contributed by atoms with Gasteiger partial charge in [0, 0.05) is 4.88 Å². The number of carbonyl (C=O) groups is 2. The molecule has 12 heteroatoms. The Morgan fingerprint density at radius 1 is 0.960 bits per heavy atom. The number of hydrogen-bond donors (Lipinski definition) is 3. The fourth-order valence-electron chi connectivity index (χ4n) is 2.34. The molecule has 136 valence electrons. The van der Waals surface area contributed by atoms with Gasteiger partial charge in [0.05, 0.1) is 17.1 Å². The van der Waals surface area contributed by atoms with Gasteiger partial charge < -0.3 is 15.5 Å². The van der Waals surface area contributed by atoms with Crippen molar-refractivity contribution in [2.75, 3.05) is 0 Å². The number of nitrogens with one attached hydrogen (secondary N) is 1. The fourth-order valence-corrected chi connectivity index (χ4v) is 3.18. The molecule has 25 heavy (non-hydrogen) atoms. The zero-order chi connectivity index (χ0) is 19.2. The Hall–Kier alpha value is -2.50. The summed E-state index contributed by atoms with van der Waals surface area (Å²) in [6.45, 7) is 0. The second-order valence-corrected chi connectivity index (χ2v) is 5.74. The van der Waals surface area contributed by atoms with Crippen LogP contribution in [-0.2, 0) is 9.59 Å².